The monoisotopic (exact) mass is 307 g/mol. The van der Waals surface area contributed by atoms with Gasteiger partial charge in [-0.3, -0.25) is 14.0 Å². The average molecular weight is 307 g/mol. The Morgan fingerprint density at radius 3 is 2.87 bits per heavy atom. The number of fused-ring (bicyclic) bond motifs is 1. The van der Waals surface area contributed by atoms with E-state index < -0.39 is 0 Å². The van der Waals surface area contributed by atoms with Gasteiger partial charge in [0.05, 0.1) is 18.4 Å². The second-order valence-electron chi connectivity index (χ2n) is 5.19. The van der Waals surface area contributed by atoms with Crippen LogP contribution in [0.2, 0.25) is 0 Å². The van der Waals surface area contributed by atoms with Crippen LogP contribution >= 0.6 is 0 Å². The Labute approximate surface area is 130 Å². The summed E-state index contributed by atoms with van der Waals surface area (Å²) in [5, 5.41) is 4.54. The smallest absolute Gasteiger partial charge is 0.264 e. The Kier molecular flexibility index (Phi) is 3.04. The minimum absolute atomic E-state index is 0.146. The summed E-state index contributed by atoms with van der Waals surface area (Å²) in [5.74, 6) is 0.532. The molecule has 7 heteroatoms. The summed E-state index contributed by atoms with van der Waals surface area (Å²) in [6.07, 6.45) is 4.59. The van der Waals surface area contributed by atoms with E-state index in [1.807, 2.05) is 30.3 Å². The van der Waals surface area contributed by atoms with Gasteiger partial charge in [-0.15, -0.1) is 0 Å². The molecular weight excluding hydrogens is 294 g/mol. The maximum Gasteiger partial charge on any atom is 0.264 e. The predicted octanol–water partition coefficient (Wildman–Crippen LogP) is 1.83. The Morgan fingerprint density at radius 2 is 2.04 bits per heavy atom. The first-order chi connectivity index (χ1) is 11.2. The van der Waals surface area contributed by atoms with E-state index in [-0.39, 0.29) is 5.56 Å². The molecule has 23 heavy (non-hydrogen) atoms. The van der Waals surface area contributed by atoms with Gasteiger partial charge in [0.1, 0.15) is 18.0 Å². The topological polar surface area (TPSA) is 78.7 Å². The van der Waals surface area contributed by atoms with Crippen LogP contribution in [-0.2, 0) is 13.6 Å². The molecule has 0 aliphatic heterocycles. The van der Waals surface area contributed by atoms with Crippen molar-refractivity contribution >= 4 is 11.0 Å². The lowest BCUT2D eigenvalue weighted by Gasteiger charge is -2.02. The van der Waals surface area contributed by atoms with Crippen molar-refractivity contribution in [3.63, 3.8) is 0 Å². The summed E-state index contributed by atoms with van der Waals surface area (Å²) < 4.78 is 8.56. The number of hydrogen-bond acceptors (Lipinski definition) is 5. The van der Waals surface area contributed by atoms with Crippen LogP contribution in [-0.4, -0.2) is 24.3 Å². The van der Waals surface area contributed by atoms with Crippen LogP contribution in [0, 0.1) is 0 Å². The minimum atomic E-state index is -0.146. The van der Waals surface area contributed by atoms with Crippen LogP contribution in [0.5, 0.6) is 0 Å². The van der Waals surface area contributed by atoms with Crippen molar-refractivity contribution in [2.45, 2.75) is 6.54 Å². The van der Waals surface area contributed by atoms with E-state index >= 15 is 0 Å². The van der Waals surface area contributed by atoms with Crippen molar-refractivity contribution in [3.05, 3.63) is 65.2 Å². The fourth-order valence-corrected chi connectivity index (χ4v) is 2.45. The van der Waals surface area contributed by atoms with E-state index in [9.17, 15) is 4.79 Å². The first-order valence-corrected chi connectivity index (χ1v) is 7.09. The normalized spacial score (nSPS) is 11.2. The summed E-state index contributed by atoms with van der Waals surface area (Å²) in [4.78, 5) is 21.1. The Hall–Kier alpha value is -3.22. The molecular formula is C16H13N5O2. The van der Waals surface area contributed by atoms with Gasteiger partial charge in [0, 0.05) is 12.6 Å². The van der Waals surface area contributed by atoms with E-state index in [0.717, 1.165) is 5.56 Å². The molecule has 0 unspecified atom stereocenters. The minimum Gasteiger partial charge on any atom is -0.444 e. The first-order valence-electron chi connectivity index (χ1n) is 7.09. The molecule has 1 aromatic carbocycles. The lowest BCUT2D eigenvalue weighted by molar-refractivity contribution is 0.571. The molecule has 0 radical (unpaired) electrons. The van der Waals surface area contributed by atoms with Gasteiger partial charge in [-0.25, -0.2) is 9.97 Å². The molecule has 0 atom stereocenters. The molecule has 3 aromatic heterocycles. The average Bonchev–Trinajstić information content (AvgIpc) is 3.19. The highest BCUT2D eigenvalue weighted by molar-refractivity contribution is 5.72. The first kappa shape index (κ1) is 13.4. The highest BCUT2D eigenvalue weighted by Gasteiger charge is 2.11. The molecule has 0 spiro atoms. The van der Waals surface area contributed by atoms with Crippen LogP contribution in [0.3, 0.4) is 0 Å². The predicted molar refractivity (Wildman–Crippen MR) is 83.8 cm³/mol. The number of hydrogen-bond donors (Lipinski definition) is 0. The molecule has 3 heterocycles. The van der Waals surface area contributed by atoms with Gasteiger partial charge in [-0.1, -0.05) is 18.2 Å². The maximum absolute atomic E-state index is 12.4. The molecule has 0 fully saturated rings. The van der Waals surface area contributed by atoms with Gasteiger partial charge < -0.3 is 4.42 Å². The lowest BCUT2D eigenvalue weighted by Crippen LogP contribution is -2.21. The summed E-state index contributed by atoms with van der Waals surface area (Å²) in [5.41, 5.74) is 1.98. The van der Waals surface area contributed by atoms with E-state index in [1.165, 1.54) is 17.1 Å². The highest BCUT2D eigenvalue weighted by Crippen LogP contribution is 2.18. The third kappa shape index (κ3) is 2.32. The third-order valence-electron chi connectivity index (χ3n) is 3.62. The second-order valence-corrected chi connectivity index (χ2v) is 5.19. The fourth-order valence-electron chi connectivity index (χ4n) is 2.45. The zero-order chi connectivity index (χ0) is 15.8. The van der Waals surface area contributed by atoms with Crippen LogP contribution in [0.15, 0.2) is 58.3 Å². The molecule has 0 N–H and O–H groups in total. The van der Waals surface area contributed by atoms with E-state index in [4.69, 9.17) is 4.42 Å². The fraction of sp³-hybridized carbons (Fsp3) is 0.125. The quantitative estimate of drug-likeness (QED) is 0.577. The standard InChI is InChI=1S/C16H13N5O2/c1-20-14-13(7-18-20)16(22)21(10-17-14)8-12-9-23-15(19-12)11-5-3-2-4-6-11/h2-7,9-10H,8H2,1H3. The summed E-state index contributed by atoms with van der Waals surface area (Å²) in [6.45, 7) is 0.299. The molecule has 114 valence electrons. The third-order valence-corrected chi connectivity index (χ3v) is 3.62. The van der Waals surface area contributed by atoms with Crippen LogP contribution in [0.1, 0.15) is 5.69 Å². The molecule has 0 amide bonds. The van der Waals surface area contributed by atoms with Crippen molar-refractivity contribution in [1.29, 1.82) is 0 Å². The lowest BCUT2D eigenvalue weighted by atomic mass is 10.2. The SMILES string of the molecule is Cn1ncc2c(=O)n(Cc3coc(-c4ccccc4)n3)cnc21. The second kappa shape index (κ2) is 5.20. The Bertz CT molecular complexity index is 1030. The van der Waals surface area contributed by atoms with E-state index in [1.54, 1.807) is 18.0 Å². The molecule has 0 bridgehead atoms. The van der Waals surface area contributed by atoms with Gasteiger partial charge >= 0.3 is 0 Å². The van der Waals surface area contributed by atoms with Crippen molar-refractivity contribution < 1.29 is 4.42 Å². The van der Waals surface area contributed by atoms with Gasteiger partial charge in [-0.2, -0.15) is 5.10 Å². The van der Waals surface area contributed by atoms with Crippen LogP contribution in [0.25, 0.3) is 22.5 Å². The maximum atomic E-state index is 12.4. The van der Waals surface area contributed by atoms with Gasteiger partial charge in [0.25, 0.3) is 5.56 Å². The number of rotatable bonds is 3. The van der Waals surface area contributed by atoms with Gasteiger partial charge in [-0.05, 0) is 12.1 Å². The van der Waals surface area contributed by atoms with Crippen molar-refractivity contribution in [2.75, 3.05) is 0 Å². The zero-order valence-electron chi connectivity index (χ0n) is 12.4. The number of benzene rings is 1. The molecule has 0 saturated heterocycles. The van der Waals surface area contributed by atoms with E-state index in [2.05, 4.69) is 15.1 Å². The summed E-state index contributed by atoms with van der Waals surface area (Å²) in [7, 11) is 1.75. The zero-order valence-corrected chi connectivity index (χ0v) is 12.4. The summed E-state index contributed by atoms with van der Waals surface area (Å²) >= 11 is 0. The molecule has 4 rings (SSSR count). The van der Waals surface area contributed by atoms with Crippen molar-refractivity contribution in [2.24, 2.45) is 7.05 Å². The molecule has 0 aliphatic rings. The number of nitrogens with zero attached hydrogens (tertiary/aromatic N) is 5. The van der Waals surface area contributed by atoms with Gasteiger partial charge in [0.15, 0.2) is 5.65 Å². The molecule has 0 aliphatic carbocycles. The number of aryl methyl sites for hydroxylation is 1. The number of oxazole rings is 1. The molecule has 7 nitrogen and oxygen atoms in total. The van der Waals surface area contributed by atoms with E-state index in [0.29, 0.717) is 29.2 Å². The van der Waals surface area contributed by atoms with Crippen LogP contribution < -0.4 is 5.56 Å². The van der Waals surface area contributed by atoms with Crippen LogP contribution in [0.4, 0.5) is 0 Å². The Morgan fingerprint density at radius 1 is 1.22 bits per heavy atom. The highest BCUT2D eigenvalue weighted by atomic mass is 16.3. The van der Waals surface area contributed by atoms with Gasteiger partial charge in [0.2, 0.25) is 5.89 Å². The van der Waals surface area contributed by atoms with Crippen molar-refractivity contribution in [1.82, 2.24) is 24.3 Å². The Balaban J connectivity index is 1.68. The number of aromatic nitrogens is 5. The van der Waals surface area contributed by atoms with Crippen molar-refractivity contribution in [3.8, 4) is 11.5 Å². The molecule has 0 saturated carbocycles. The largest absolute Gasteiger partial charge is 0.444 e. The molecule has 4 aromatic rings. The summed E-state index contributed by atoms with van der Waals surface area (Å²) in [6, 6.07) is 9.62.